The molecule has 2 heterocycles. The first-order chi connectivity index (χ1) is 11.2. The minimum absolute atomic E-state index is 0.133. The van der Waals surface area contributed by atoms with Crippen LogP contribution in [0.2, 0.25) is 0 Å². The summed E-state index contributed by atoms with van der Waals surface area (Å²) in [6.07, 6.45) is 1.57. The van der Waals surface area contributed by atoms with Gasteiger partial charge in [-0.05, 0) is 5.56 Å². The Balaban J connectivity index is 1.61. The van der Waals surface area contributed by atoms with Gasteiger partial charge in [0.25, 0.3) is 5.91 Å². The number of amides is 3. The predicted octanol–water partition coefficient (Wildman–Crippen LogP) is 0.727. The topological polar surface area (TPSA) is 99.5 Å². The van der Waals surface area contributed by atoms with Gasteiger partial charge < -0.3 is 14.8 Å². The number of carbonyl (C=O) groups excluding carboxylic acids is 2. The third-order valence-electron chi connectivity index (χ3n) is 3.71. The lowest BCUT2D eigenvalue weighted by Crippen LogP contribution is -2.43. The number of rotatable bonds is 3. The van der Waals surface area contributed by atoms with Crippen molar-refractivity contribution in [2.24, 2.45) is 0 Å². The lowest BCUT2D eigenvalue weighted by molar-refractivity contribution is 0.0701. The van der Waals surface area contributed by atoms with Gasteiger partial charge in [-0.2, -0.15) is 0 Å². The molecule has 1 aromatic heterocycles. The normalized spacial score (nSPS) is 13.3. The predicted molar refractivity (Wildman–Crippen MR) is 80.6 cm³/mol. The van der Waals surface area contributed by atoms with Crippen molar-refractivity contribution in [2.75, 3.05) is 6.54 Å². The van der Waals surface area contributed by atoms with Crippen LogP contribution < -0.4 is 10.8 Å². The van der Waals surface area contributed by atoms with Gasteiger partial charge >= 0.3 is 6.03 Å². The van der Waals surface area contributed by atoms with Gasteiger partial charge in [0.05, 0.1) is 6.54 Å². The average molecular weight is 315 g/mol. The quantitative estimate of drug-likeness (QED) is 0.574. The third kappa shape index (κ3) is 3.32. The fourth-order valence-corrected chi connectivity index (χ4v) is 2.48. The van der Waals surface area contributed by atoms with Crippen molar-refractivity contribution in [3.05, 3.63) is 53.6 Å². The molecule has 1 aromatic carbocycles. The van der Waals surface area contributed by atoms with E-state index in [0.717, 1.165) is 5.56 Å². The maximum atomic E-state index is 12.2. The largest absolute Gasteiger partial charge is 0.334 e. The molecule has 0 aliphatic carbocycles. The minimum atomic E-state index is -0.660. The van der Waals surface area contributed by atoms with Crippen molar-refractivity contribution in [1.82, 2.24) is 25.2 Å². The zero-order chi connectivity index (χ0) is 16.2. The molecule has 8 nitrogen and oxygen atoms in total. The molecule has 0 saturated carbocycles. The Kier molecular flexibility index (Phi) is 4.24. The van der Waals surface area contributed by atoms with E-state index in [0.29, 0.717) is 32.0 Å². The number of hydrogen-bond donors (Lipinski definition) is 3. The van der Waals surface area contributed by atoms with Crippen LogP contribution in [-0.4, -0.2) is 38.1 Å². The molecule has 0 fully saturated rings. The van der Waals surface area contributed by atoms with Gasteiger partial charge in [0, 0.05) is 25.8 Å². The number of benzene rings is 1. The van der Waals surface area contributed by atoms with Crippen molar-refractivity contribution < 1.29 is 14.8 Å². The Morgan fingerprint density at radius 3 is 2.74 bits per heavy atom. The second-order valence-electron chi connectivity index (χ2n) is 5.24. The number of hydrogen-bond acceptors (Lipinski definition) is 4. The van der Waals surface area contributed by atoms with E-state index < -0.39 is 5.91 Å². The van der Waals surface area contributed by atoms with Crippen LogP contribution >= 0.6 is 0 Å². The van der Waals surface area contributed by atoms with Crippen molar-refractivity contribution in [1.29, 1.82) is 0 Å². The zero-order valence-electron chi connectivity index (χ0n) is 12.4. The molecule has 1 aliphatic heterocycles. The Hall–Kier alpha value is -2.87. The van der Waals surface area contributed by atoms with Crippen LogP contribution in [0, 0.1) is 0 Å². The van der Waals surface area contributed by atoms with Gasteiger partial charge in [-0.3, -0.25) is 10.0 Å². The molecule has 0 bridgehead atoms. The van der Waals surface area contributed by atoms with E-state index in [2.05, 4.69) is 10.3 Å². The number of imidazole rings is 1. The van der Waals surface area contributed by atoms with Gasteiger partial charge in [-0.15, -0.1) is 0 Å². The minimum Gasteiger partial charge on any atom is -0.334 e. The molecule has 3 N–H and O–H groups in total. The molecule has 8 heteroatoms. The molecule has 2 aromatic rings. The van der Waals surface area contributed by atoms with Gasteiger partial charge in [0.2, 0.25) is 0 Å². The molecule has 120 valence electrons. The molecule has 1 aliphatic rings. The molecule has 0 saturated heterocycles. The molecular weight excluding hydrogens is 298 g/mol. The molecule has 23 heavy (non-hydrogen) atoms. The average Bonchev–Trinajstić information content (AvgIpc) is 3.03. The van der Waals surface area contributed by atoms with E-state index in [1.54, 1.807) is 16.6 Å². The lowest BCUT2D eigenvalue weighted by Gasteiger charge is -2.27. The van der Waals surface area contributed by atoms with Crippen molar-refractivity contribution in [2.45, 2.75) is 19.6 Å². The SMILES string of the molecule is O=C(NO)c1cn2c(n1)CN(C(=O)NCc1ccccc1)CC2. The molecular formula is C15H17N5O3. The Morgan fingerprint density at radius 1 is 1.22 bits per heavy atom. The summed E-state index contributed by atoms with van der Waals surface area (Å²) in [4.78, 5) is 29.4. The van der Waals surface area contributed by atoms with E-state index >= 15 is 0 Å². The maximum absolute atomic E-state index is 12.2. The summed E-state index contributed by atoms with van der Waals surface area (Å²) in [6, 6.07) is 9.50. The highest BCUT2D eigenvalue weighted by atomic mass is 16.5. The maximum Gasteiger partial charge on any atom is 0.318 e. The summed E-state index contributed by atoms with van der Waals surface area (Å²) < 4.78 is 1.81. The van der Waals surface area contributed by atoms with Crippen molar-refractivity contribution in [3.63, 3.8) is 0 Å². The number of nitrogens with zero attached hydrogens (tertiary/aromatic N) is 3. The van der Waals surface area contributed by atoms with Crippen LogP contribution in [0.1, 0.15) is 21.9 Å². The van der Waals surface area contributed by atoms with Crippen LogP contribution in [0.3, 0.4) is 0 Å². The fraction of sp³-hybridized carbons (Fsp3) is 0.267. The monoisotopic (exact) mass is 315 g/mol. The van der Waals surface area contributed by atoms with Crippen molar-refractivity contribution >= 4 is 11.9 Å². The van der Waals surface area contributed by atoms with Crippen LogP contribution in [0.5, 0.6) is 0 Å². The number of fused-ring (bicyclic) bond motifs is 1. The van der Waals surface area contributed by atoms with Gasteiger partial charge in [0.15, 0.2) is 0 Å². The summed E-state index contributed by atoms with van der Waals surface area (Å²) in [7, 11) is 0. The molecule has 3 amide bonds. The standard InChI is InChI=1S/C15H17N5O3/c21-14(18-23)12-9-19-6-7-20(10-13(19)17-12)15(22)16-8-11-4-2-1-3-5-11/h1-5,9,23H,6-8,10H2,(H,16,22)(H,18,21). The van der Waals surface area contributed by atoms with E-state index in [-0.39, 0.29) is 11.7 Å². The number of nitrogens with one attached hydrogen (secondary N) is 2. The molecule has 0 atom stereocenters. The summed E-state index contributed by atoms with van der Waals surface area (Å²) >= 11 is 0. The highest BCUT2D eigenvalue weighted by Crippen LogP contribution is 2.13. The Morgan fingerprint density at radius 2 is 2.00 bits per heavy atom. The second kappa shape index (κ2) is 6.49. The first-order valence-corrected chi connectivity index (χ1v) is 7.24. The summed E-state index contributed by atoms with van der Waals surface area (Å²) in [6.45, 7) is 1.87. The number of hydroxylamine groups is 1. The number of aromatic nitrogens is 2. The van der Waals surface area contributed by atoms with E-state index in [9.17, 15) is 9.59 Å². The van der Waals surface area contributed by atoms with E-state index in [4.69, 9.17) is 5.21 Å². The Labute approximate surface area is 132 Å². The molecule has 0 spiro atoms. The highest BCUT2D eigenvalue weighted by Gasteiger charge is 2.23. The van der Waals surface area contributed by atoms with Gasteiger partial charge in [-0.1, -0.05) is 30.3 Å². The fourth-order valence-electron chi connectivity index (χ4n) is 2.48. The van der Waals surface area contributed by atoms with Gasteiger partial charge in [-0.25, -0.2) is 15.3 Å². The van der Waals surface area contributed by atoms with Crippen LogP contribution in [0.15, 0.2) is 36.5 Å². The van der Waals surface area contributed by atoms with Crippen LogP contribution in [-0.2, 0) is 19.6 Å². The van der Waals surface area contributed by atoms with Gasteiger partial charge in [0.1, 0.15) is 11.5 Å². The first kappa shape index (κ1) is 15.0. The smallest absolute Gasteiger partial charge is 0.318 e. The number of urea groups is 1. The highest BCUT2D eigenvalue weighted by molar-refractivity contribution is 5.91. The Bertz CT molecular complexity index is 713. The van der Waals surface area contributed by atoms with E-state index in [1.807, 2.05) is 34.9 Å². The third-order valence-corrected chi connectivity index (χ3v) is 3.71. The summed E-state index contributed by atoms with van der Waals surface area (Å²) in [5, 5.41) is 11.5. The lowest BCUT2D eigenvalue weighted by atomic mass is 10.2. The first-order valence-electron chi connectivity index (χ1n) is 7.24. The zero-order valence-corrected chi connectivity index (χ0v) is 12.4. The molecule has 0 radical (unpaired) electrons. The second-order valence-corrected chi connectivity index (χ2v) is 5.24. The number of carbonyl (C=O) groups is 2. The van der Waals surface area contributed by atoms with Crippen LogP contribution in [0.4, 0.5) is 4.79 Å². The molecule has 0 unspecified atom stereocenters. The summed E-state index contributed by atoms with van der Waals surface area (Å²) in [5.41, 5.74) is 2.72. The van der Waals surface area contributed by atoms with E-state index in [1.165, 1.54) is 0 Å². The molecule has 3 rings (SSSR count). The van der Waals surface area contributed by atoms with Crippen LogP contribution in [0.25, 0.3) is 0 Å². The summed E-state index contributed by atoms with van der Waals surface area (Å²) in [5.74, 6) is -0.0447. The van der Waals surface area contributed by atoms with Crippen molar-refractivity contribution in [3.8, 4) is 0 Å².